The summed E-state index contributed by atoms with van der Waals surface area (Å²) in [6, 6.07) is 30.5. The lowest BCUT2D eigenvalue weighted by Crippen LogP contribution is -1.73. The third kappa shape index (κ3) is 7.21. The van der Waals surface area contributed by atoms with Gasteiger partial charge in [-0.2, -0.15) is 11.3 Å². The summed E-state index contributed by atoms with van der Waals surface area (Å²) in [5.41, 5.74) is 2.55. The number of thiophene rings is 1. The van der Waals surface area contributed by atoms with E-state index in [1.54, 1.807) is 23.7 Å². The van der Waals surface area contributed by atoms with Crippen molar-refractivity contribution in [3.05, 3.63) is 114 Å². The molecule has 0 atom stereocenters. The minimum Gasteiger partial charge on any atom is -0.265 e. The van der Waals surface area contributed by atoms with E-state index < -0.39 is 0 Å². The van der Waals surface area contributed by atoms with E-state index in [2.05, 4.69) is 53.5 Å². The fraction of sp³-hybridized carbons (Fsp3) is 0. The number of benzene rings is 2. The van der Waals surface area contributed by atoms with Crippen LogP contribution in [0, 0.1) is 0 Å². The molecule has 2 aromatic carbocycles. The van der Waals surface area contributed by atoms with E-state index in [0.717, 1.165) is 0 Å². The molecule has 0 radical (unpaired) electrons. The molecule has 0 saturated heterocycles. The predicted molar refractivity (Wildman–Crippen MR) is 100 cm³/mol. The second kappa shape index (κ2) is 10.9. The van der Waals surface area contributed by atoms with Crippen LogP contribution in [0.1, 0.15) is 0 Å². The molecule has 0 aliphatic rings. The molecule has 4 rings (SSSR count). The molecule has 0 aliphatic carbocycles. The van der Waals surface area contributed by atoms with Crippen molar-refractivity contribution in [3.63, 3.8) is 0 Å². The summed E-state index contributed by atoms with van der Waals surface area (Å²) in [5, 5.41) is 4.08. The molecule has 23 heavy (non-hydrogen) atoms. The van der Waals surface area contributed by atoms with Gasteiger partial charge in [0.2, 0.25) is 0 Å². The van der Waals surface area contributed by atoms with Gasteiger partial charge in [-0.3, -0.25) is 4.98 Å². The Labute approximate surface area is 141 Å². The van der Waals surface area contributed by atoms with Crippen LogP contribution in [-0.2, 0) is 0 Å². The largest absolute Gasteiger partial charge is 0.265 e. The van der Waals surface area contributed by atoms with Gasteiger partial charge in [-0.05, 0) is 34.0 Å². The van der Waals surface area contributed by atoms with Gasteiger partial charge in [-0.15, -0.1) is 0 Å². The van der Waals surface area contributed by atoms with Crippen molar-refractivity contribution in [2.24, 2.45) is 0 Å². The third-order valence-corrected chi connectivity index (χ3v) is 3.50. The second-order valence-electron chi connectivity index (χ2n) is 4.55. The molecule has 0 unspecified atom stereocenters. The molecule has 0 spiro atoms. The summed E-state index contributed by atoms with van der Waals surface area (Å²) in [5.74, 6) is 0. The lowest BCUT2D eigenvalue weighted by Gasteiger charge is -1.98. The topological polar surface area (TPSA) is 12.9 Å². The van der Waals surface area contributed by atoms with Gasteiger partial charge in [0.1, 0.15) is 0 Å². The van der Waals surface area contributed by atoms with E-state index in [4.69, 9.17) is 0 Å². The maximum Gasteiger partial charge on any atom is 0.0267 e. The van der Waals surface area contributed by atoms with Crippen molar-refractivity contribution in [2.45, 2.75) is 0 Å². The zero-order valence-electron chi connectivity index (χ0n) is 12.8. The van der Waals surface area contributed by atoms with Gasteiger partial charge < -0.3 is 0 Å². The van der Waals surface area contributed by atoms with Gasteiger partial charge in [0.05, 0.1) is 0 Å². The first-order valence-corrected chi connectivity index (χ1v) is 8.34. The Balaban J connectivity index is 0.000000145. The Morgan fingerprint density at radius 1 is 0.478 bits per heavy atom. The summed E-state index contributed by atoms with van der Waals surface area (Å²) in [6.07, 6.45) is 3.50. The lowest BCUT2D eigenvalue weighted by atomic mass is 10.1. The quantitative estimate of drug-likeness (QED) is 0.408. The monoisotopic (exact) mass is 317 g/mol. The molecular weight excluding hydrogens is 298 g/mol. The zero-order chi connectivity index (χ0) is 16.0. The van der Waals surface area contributed by atoms with Gasteiger partial charge in [0, 0.05) is 12.4 Å². The number of hydrogen-bond acceptors (Lipinski definition) is 2. The Morgan fingerprint density at radius 2 is 0.913 bits per heavy atom. The standard InChI is InChI=1S/C12H10.C5H5N.C4H4S/c1-3-7-11(8-4-1)12-9-5-2-6-10-12;1-2-4-6-5-3-1;1-2-4-5-3-1/h1-10H;1-5H;1-4H. The first-order valence-electron chi connectivity index (χ1n) is 7.39. The van der Waals surface area contributed by atoms with Gasteiger partial charge in [-0.25, -0.2) is 0 Å². The van der Waals surface area contributed by atoms with Crippen LogP contribution >= 0.6 is 11.3 Å². The first kappa shape index (κ1) is 16.7. The van der Waals surface area contributed by atoms with Crippen LogP contribution in [0.3, 0.4) is 0 Å². The average molecular weight is 317 g/mol. The minimum atomic E-state index is 1.28. The molecule has 0 amide bonds. The van der Waals surface area contributed by atoms with Gasteiger partial charge in [0.25, 0.3) is 0 Å². The van der Waals surface area contributed by atoms with E-state index >= 15 is 0 Å². The molecular formula is C21H19NS. The Morgan fingerprint density at radius 3 is 1.17 bits per heavy atom. The van der Waals surface area contributed by atoms with Crippen molar-refractivity contribution in [1.29, 1.82) is 0 Å². The maximum absolute atomic E-state index is 3.78. The van der Waals surface area contributed by atoms with E-state index in [9.17, 15) is 0 Å². The van der Waals surface area contributed by atoms with Crippen molar-refractivity contribution >= 4 is 11.3 Å². The van der Waals surface area contributed by atoms with Crippen LogP contribution in [0.5, 0.6) is 0 Å². The summed E-state index contributed by atoms with van der Waals surface area (Å²) < 4.78 is 0. The van der Waals surface area contributed by atoms with Crippen LogP contribution in [0.4, 0.5) is 0 Å². The highest BCUT2D eigenvalue weighted by atomic mass is 32.1. The van der Waals surface area contributed by atoms with E-state index in [-0.39, 0.29) is 0 Å². The van der Waals surface area contributed by atoms with Crippen molar-refractivity contribution in [1.82, 2.24) is 4.98 Å². The predicted octanol–water partition coefficient (Wildman–Crippen LogP) is 6.18. The third-order valence-electron chi connectivity index (χ3n) is 2.87. The van der Waals surface area contributed by atoms with Crippen LogP contribution in [0.15, 0.2) is 114 Å². The van der Waals surface area contributed by atoms with Crippen molar-refractivity contribution in [3.8, 4) is 11.1 Å². The summed E-state index contributed by atoms with van der Waals surface area (Å²) >= 11 is 1.71. The molecule has 2 heteroatoms. The SMILES string of the molecule is c1ccc(-c2ccccc2)cc1.c1ccncc1.c1ccsc1. The normalized spacial score (nSPS) is 8.87. The van der Waals surface area contributed by atoms with Crippen molar-refractivity contribution in [2.75, 3.05) is 0 Å². The molecule has 1 nitrogen and oxygen atoms in total. The Kier molecular flexibility index (Phi) is 7.92. The molecule has 0 saturated carbocycles. The fourth-order valence-electron chi connectivity index (χ4n) is 1.80. The number of hydrogen-bond donors (Lipinski definition) is 0. The highest BCUT2D eigenvalue weighted by Gasteiger charge is 1.91. The smallest absolute Gasteiger partial charge is 0.0267 e. The molecule has 2 heterocycles. The van der Waals surface area contributed by atoms with Gasteiger partial charge in [0.15, 0.2) is 0 Å². The highest BCUT2D eigenvalue weighted by molar-refractivity contribution is 7.07. The second-order valence-corrected chi connectivity index (χ2v) is 5.37. The molecule has 0 bridgehead atoms. The number of rotatable bonds is 1. The zero-order valence-corrected chi connectivity index (χ0v) is 13.6. The average Bonchev–Trinajstić information content (AvgIpc) is 3.25. The lowest BCUT2D eigenvalue weighted by molar-refractivity contribution is 1.33. The van der Waals surface area contributed by atoms with E-state index in [1.165, 1.54) is 11.1 Å². The summed E-state index contributed by atoms with van der Waals surface area (Å²) in [4.78, 5) is 3.78. The van der Waals surface area contributed by atoms with Crippen molar-refractivity contribution < 1.29 is 0 Å². The maximum atomic E-state index is 3.78. The van der Waals surface area contributed by atoms with Crippen LogP contribution in [0.25, 0.3) is 11.1 Å². The Bertz CT molecular complexity index is 626. The fourth-order valence-corrected chi connectivity index (χ4v) is 2.25. The molecule has 0 fully saturated rings. The van der Waals surface area contributed by atoms with Crippen LogP contribution in [-0.4, -0.2) is 4.98 Å². The molecule has 0 N–H and O–H groups in total. The van der Waals surface area contributed by atoms with Gasteiger partial charge >= 0.3 is 0 Å². The summed E-state index contributed by atoms with van der Waals surface area (Å²) in [7, 11) is 0. The highest BCUT2D eigenvalue weighted by Crippen LogP contribution is 2.17. The van der Waals surface area contributed by atoms with Crippen LogP contribution < -0.4 is 0 Å². The van der Waals surface area contributed by atoms with E-state index in [1.807, 2.05) is 53.2 Å². The number of pyridine rings is 1. The molecule has 0 aliphatic heterocycles. The van der Waals surface area contributed by atoms with Crippen LogP contribution in [0.2, 0.25) is 0 Å². The molecule has 2 aromatic heterocycles. The van der Waals surface area contributed by atoms with E-state index in [0.29, 0.717) is 0 Å². The summed E-state index contributed by atoms with van der Waals surface area (Å²) in [6.45, 7) is 0. The Hall–Kier alpha value is -2.71. The molecule has 114 valence electrons. The number of nitrogens with zero attached hydrogens (tertiary/aromatic N) is 1. The first-order chi connectivity index (χ1) is 11.5. The minimum absolute atomic E-state index is 1.28. The molecule has 4 aromatic rings. The van der Waals surface area contributed by atoms with Gasteiger partial charge in [-0.1, -0.05) is 78.9 Å². The number of aromatic nitrogens is 1.